The monoisotopic (exact) mass is 528 g/mol. The van der Waals surface area contributed by atoms with E-state index in [2.05, 4.69) is 27.2 Å². The molecule has 0 bridgehead atoms. The first-order chi connectivity index (χ1) is 18.0. The highest BCUT2D eigenvalue weighted by Gasteiger charge is 2.40. The molecule has 3 aromatic rings. The summed E-state index contributed by atoms with van der Waals surface area (Å²) >= 11 is 0. The molecule has 38 heavy (non-hydrogen) atoms. The fraction of sp³-hybridized carbons (Fsp3) is 0.517. The van der Waals surface area contributed by atoms with Crippen molar-refractivity contribution >= 4 is 16.7 Å². The molecule has 0 saturated carbocycles. The number of benzene rings is 2. The average Bonchev–Trinajstić information content (AvgIpc) is 3.21. The van der Waals surface area contributed by atoms with E-state index in [1.165, 1.54) is 6.07 Å². The smallest absolute Gasteiger partial charge is 0.270 e. The van der Waals surface area contributed by atoms with Gasteiger partial charge in [-0.1, -0.05) is 18.2 Å². The van der Waals surface area contributed by atoms with Gasteiger partial charge in [-0.3, -0.25) is 4.90 Å². The summed E-state index contributed by atoms with van der Waals surface area (Å²) in [6.07, 6.45) is 2.07. The quantitative estimate of drug-likeness (QED) is 0.345. The van der Waals surface area contributed by atoms with Gasteiger partial charge in [0.1, 0.15) is 18.2 Å². The Kier molecular flexibility index (Phi) is 8.09. The largest absolute Gasteiger partial charge is 0.493 e. The molecule has 1 N–H and O–H groups in total. The van der Waals surface area contributed by atoms with Gasteiger partial charge in [0.2, 0.25) is 0 Å². The number of aryl methyl sites for hydroxylation is 1. The Balaban J connectivity index is 1.69. The van der Waals surface area contributed by atoms with Crippen LogP contribution in [0.5, 0.6) is 11.5 Å². The highest BCUT2D eigenvalue weighted by Crippen LogP contribution is 2.38. The summed E-state index contributed by atoms with van der Waals surface area (Å²) in [5, 5.41) is 4.20. The first-order valence-corrected chi connectivity index (χ1v) is 12.9. The normalized spacial score (nSPS) is 19.1. The number of anilines is 1. The Morgan fingerprint density at radius 3 is 2.53 bits per heavy atom. The fourth-order valence-corrected chi connectivity index (χ4v) is 5.48. The molecule has 9 heteroatoms. The Bertz CT molecular complexity index is 1300. The van der Waals surface area contributed by atoms with Crippen LogP contribution >= 0.6 is 0 Å². The molecule has 206 valence electrons. The maximum absolute atomic E-state index is 14.2. The van der Waals surface area contributed by atoms with Crippen LogP contribution in [0.25, 0.3) is 10.9 Å². The van der Waals surface area contributed by atoms with E-state index in [0.717, 1.165) is 37.3 Å². The van der Waals surface area contributed by atoms with Gasteiger partial charge in [-0.2, -0.15) is 0 Å². The molecule has 1 aliphatic rings. The molecule has 1 aromatic heterocycles. The number of alkyl halides is 2. The van der Waals surface area contributed by atoms with Gasteiger partial charge in [-0.15, -0.1) is 0 Å². The fourth-order valence-electron chi connectivity index (χ4n) is 5.48. The predicted octanol–water partition coefficient (Wildman–Crippen LogP) is 6.03. The topological polar surface area (TPSA) is 68.7 Å². The van der Waals surface area contributed by atoms with E-state index in [0.29, 0.717) is 47.4 Å². The van der Waals surface area contributed by atoms with Crippen LogP contribution < -0.4 is 14.8 Å². The highest BCUT2D eigenvalue weighted by molar-refractivity contribution is 5.92. The number of likely N-dealkylation sites (tertiary alicyclic amines) is 1. The second kappa shape index (κ2) is 11.0. The zero-order valence-corrected chi connectivity index (χ0v) is 23.3. The number of ether oxygens (including phenoxy) is 3. The summed E-state index contributed by atoms with van der Waals surface area (Å²) in [6, 6.07) is 8.47. The Labute approximate surface area is 223 Å². The number of hydrogen-bond donors (Lipinski definition) is 1. The molecule has 1 aliphatic heterocycles. The van der Waals surface area contributed by atoms with Gasteiger partial charge in [0.05, 0.1) is 30.8 Å². The lowest BCUT2D eigenvalue weighted by Gasteiger charge is -2.35. The van der Waals surface area contributed by atoms with Gasteiger partial charge < -0.3 is 19.5 Å². The van der Waals surface area contributed by atoms with Gasteiger partial charge in [0.15, 0.2) is 11.5 Å². The number of nitrogens with zero attached hydrogens (tertiary/aromatic N) is 3. The lowest BCUT2D eigenvalue weighted by atomic mass is 9.94. The van der Waals surface area contributed by atoms with Gasteiger partial charge >= 0.3 is 0 Å². The predicted molar refractivity (Wildman–Crippen MR) is 146 cm³/mol. The van der Waals surface area contributed by atoms with Crippen LogP contribution in [-0.2, 0) is 10.7 Å². The third-order valence-corrected chi connectivity index (χ3v) is 7.62. The second-order valence-electron chi connectivity index (χ2n) is 10.4. The molecular formula is C29H38F2N4O3. The summed E-state index contributed by atoms with van der Waals surface area (Å²) < 4.78 is 45.9. The molecule has 2 aromatic carbocycles. The SMILES string of the molecule is COC[C@]1(COc2cc3c(N[C@H](C)c4cccc(C(C)(F)F)c4C)nc(C)nc3cc2OC)CCCN1C. The molecule has 7 nitrogen and oxygen atoms in total. The van der Waals surface area contributed by atoms with E-state index in [1.54, 1.807) is 27.2 Å². The van der Waals surface area contributed by atoms with Crippen molar-refractivity contribution in [3.05, 3.63) is 52.8 Å². The van der Waals surface area contributed by atoms with E-state index in [4.69, 9.17) is 14.2 Å². The minimum absolute atomic E-state index is 0.0228. The Hall–Kier alpha value is -3.04. The third kappa shape index (κ3) is 5.54. The van der Waals surface area contributed by atoms with Crippen LogP contribution in [0.4, 0.5) is 14.6 Å². The summed E-state index contributed by atoms with van der Waals surface area (Å²) in [4.78, 5) is 11.6. The Morgan fingerprint density at radius 1 is 1.13 bits per heavy atom. The summed E-state index contributed by atoms with van der Waals surface area (Å²) in [7, 11) is 5.41. The van der Waals surface area contributed by atoms with E-state index in [1.807, 2.05) is 32.0 Å². The molecule has 0 aliphatic carbocycles. The number of rotatable bonds is 10. The second-order valence-corrected chi connectivity index (χ2v) is 10.4. The lowest BCUT2D eigenvalue weighted by Crippen LogP contribution is -2.50. The van der Waals surface area contributed by atoms with Crippen LogP contribution in [0.3, 0.4) is 0 Å². The standard InChI is InChI=1S/C29H38F2N4O3/c1-18-21(10-8-11-23(18)28(4,30)31)19(2)32-27-22-14-26(25(37-7)15-24(22)33-20(3)34-27)38-17-29(16-36-6)12-9-13-35(29)5/h8,10-11,14-15,19H,9,12-13,16-17H2,1-7H3,(H,32,33,34)/t19-,29+/m1/s1. The first-order valence-electron chi connectivity index (χ1n) is 12.9. The van der Waals surface area contributed by atoms with Crippen molar-refractivity contribution in [3.63, 3.8) is 0 Å². The molecule has 4 rings (SSSR count). The Morgan fingerprint density at radius 2 is 1.89 bits per heavy atom. The zero-order chi connectivity index (χ0) is 27.7. The van der Waals surface area contributed by atoms with Crippen LogP contribution in [0.1, 0.15) is 55.2 Å². The van der Waals surface area contributed by atoms with Crippen molar-refractivity contribution in [1.82, 2.24) is 14.9 Å². The van der Waals surface area contributed by atoms with Crippen molar-refractivity contribution in [2.24, 2.45) is 0 Å². The van der Waals surface area contributed by atoms with Crippen LogP contribution in [-0.4, -0.2) is 61.4 Å². The molecule has 0 radical (unpaired) electrons. The molecular weight excluding hydrogens is 490 g/mol. The van der Waals surface area contributed by atoms with Crippen molar-refractivity contribution in [2.75, 3.05) is 46.3 Å². The lowest BCUT2D eigenvalue weighted by molar-refractivity contribution is 0.0167. The van der Waals surface area contributed by atoms with E-state index in [9.17, 15) is 8.78 Å². The number of halogens is 2. The van der Waals surface area contributed by atoms with E-state index >= 15 is 0 Å². The third-order valence-electron chi connectivity index (χ3n) is 7.62. The maximum atomic E-state index is 14.2. The number of aromatic nitrogens is 2. The minimum Gasteiger partial charge on any atom is -0.493 e. The van der Waals surface area contributed by atoms with Gasteiger partial charge in [-0.25, -0.2) is 18.7 Å². The van der Waals surface area contributed by atoms with Crippen LogP contribution in [0.15, 0.2) is 30.3 Å². The molecule has 0 amide bonds. The van der Waals surface area contributed by atoms with E-state index in [-0.39, 0.29) is 17.1 Å². The van der Waals surface area contributed by atoms with Gasteiger partial charge in [0, 0.05) is 31.0 Å². The van der Waals surface area contributed by atoms with Crippen molar-refractivity contribution in [2.45, 2.75) is 58.0 Å². The number of likely N-dealkylation sites (N-methyl/N-ethyl adjacent to an activating group) is 1. The van der Waals surface area contributed by atoms with Gasteiger partial charge in [0.25, 0.3) is 5.92 Å². The number of fused-ring (bicyclic) bond motifs is 1. The molecule has 0 spiro atoms. The van der Waals surface area contributed by atoms with Gasteiger partial charge in [-0.05, 0) is 64.4 Å². The zero-order valence-electron chi connectivity index (χ0n) is 23.3. The summed E-state index contributed by atoms with van der Waals surface area (Å²) in [5.74, 6) is -0.571. The van der Waals surface area contributed by atoms with Crippen molar-refractivity contribution < 1.29 is 23.0 Å². The summed E-state index contributed by atoms with van der Waals surface area (Å²) in [5.41, 5.74) is 1.85. The summed E-state index contributed by atoms with van der Waals surface area (Å²) in [6.45, 7) is 8.42. The van der Waals surface area contributed by atoms with E-state index < -0.39 is 5.92 Å². The number of nitrogens with one attached hydrogen (secondary N) is 1. The highest BCUT2D eigenvalue weighted by atomic mass is 19.3. The first kappa shape index (κ1) is 28.0. The molecule has 2 atom stereocenters. The van der Waals surface area contributed by atoms with Crippen molar-refractivity contribution in [1.29, 1.82) is 0 Å². The molecule has 2 heterocycles. The average molecular weight is 529 g/mol. The molecule has 0 unspecified atom stereocenters. The van der Waals surface area contributed by atoms with Crippen molar-refractivity contribution in [3.8, 4) is 11.5 Å². The number of methoxy groups -OCH3 is 2. The van der Waals surface area contributed by atoms with Crippen LogP contribution in [0, 0.1) is 13.8 Å². The molecule has 1 saturated heterocycles. The molecule has 1 fully saturated rings. The number of hydrogen-bond acceptors (Lipinski definition) is 7. The maximum Gasteiger partial charge on any atom is 0.270 e. The van der Waals surface area contributed by atoms with Crippen LogP contribution in [0.2, 0.25) is 0 Å². The minimum atomic E-state index is -2.92.